The second-order valence-corrected chi connectivity index (χ2v) is 6.63. The van der Waals surface area contributed by atoms with Crippen LogP contribution in [0.2, 0.25) is 0 Å². The van der Waals surface area contributed by atoms with Crippen LogP contribution in [-0.4, -0.2) is 48.3 Å². The van der Waals surface area contributed by atoms with Gasteiger partial charge in [-0.15, -0.1) is 0 Å². The molecule has 136 valence electrons. The number of amides is 1. The highest BCUT2D eigenvalue weighted by atomic mass is 19.1. The van der Waals surface area contributed by atoms with Crippen molar-refractivity contribution in [1.82, 2.24) is 4.90 Å². The van der Waals surface area contributed by atoms with Crippen LogP contribution in [0.3, 0.4) is 0 Å². The lowest BCUT2D eigenvalue weighted by Crippen LogP contribution is -2.42. The van der Waals surface area contributed by atoms with E-state index in [9.17, 15) is 14.3 Å². The SMILES string of the molecule is O=C(c1cc(F)cc(-c2ccc3c(c2)OCCO3)c1)N1CCCC(O)C1. The number of aliphatic hydroxyl groups excluding tert-OH is 1. The number of ether oxygens (including phenoxy) is 2. The Bertz CT molecular complexity index is 839. The topological polar surface area (TPSA) is 59.0 Å². The smallest absolute Gasteiger partial charge is 0.254 e. The normalized spacial score (nSPS) is 19.3. The van der Waals surface area contributed by atoms with Crippen molar-refractivity contribution in [1.29, 1.82) is 0 Å². The lowest BCUT2D eigenvalue weighted by Gasteiger charge is -2.30. The molecule has 2 heterocycles. The largest absolute Gasteiger partial charge is 0.486 e. The van der Waals surface area contributed by atoms with Crippen LogP contribution < -0.4 is 9.47 Å². The van der Waals surface area contributed by atoms with Crippen molar-refractivity contribution in [3.63, 3.8) is 0 Å². The van der Waals surface area contributed by atoms with E-state index in [1.165, 1.54) is 12.1 Å². The van der Waals surface area contributed by atoms with Gasteiger partial charge in [0.15, 0.2) is 11.5 Å². The summed E-state index contributed by atoms with van der Waals surface area (Å²) in [7, 11) is 0. The first-order valence-corrected chi connectivity index (χ1v) is 8.78. The van der Waals surface area contributed by atoms with Crippen molar-refractivity contribution in [3.05, 3.63) is 47.8 Å². The third kappa shape index (κ3) is 3.37. The van der Waals surface area contributed by atoms with Crippen LogP contribution in [0.25, 0.3) is 11.1 Å². The Hall–Kier alpha value is -2.60. The molecule has 4 rings (SSSR count). The molecule has 0 saturated carbocycles. The molecule has 2 aromatic rings. The van der Waals surface area contributed by atoms with E-state index in [4.69, 9.17) is 9.47 Å². The maximum Gasteiger partial charge on any atom is 0.254 e. The molecule has 0 aliphatic carbocycles. The Kier molecular flexibility index (Phi) is 4.51. The fourth-order valence-corrected chi connectivity index (χ4v) is 3.42. The number of nitrogens with zero attached hydrogens (tertiary/aromatic N) is 1. The number of carbonyl (C=O) groups excluding carboxylic acids is 1. The molecule has 1 N–H and O–H groups in total. The van der Waals surface area contributed by atoms with Gasteiger partial charge in [0.25, 0.3) is 5.91 Å². The molecule has 1 atom stereocenters. The zero-order valence-electron chi connectivity index (χ0n) is 14.3. The van der Waals surface area contributed by atoms with Gasteiger partial charge in [0, 0.05) is 18.7 Å². The second kappa shape index (κ2) is 6.96. The minimum atomic E-state index is -0.515. The van der Waals surface area contributed by atoms with Crippen LogP contribution in [0.4, 0.5) is 4.39 Å². The number of likely N-dealkylation sites (tertiary alicyclic amines) is 1. The monoisotopic (exact) mass is 357 g/mol. The Morgan fingerprint density at radius 2 is 1.88 bits per heavy atom. The number of fused-ring (bicyclic) bond motifs is 1. The fraction of sp³-hybridized carbons (Fsp3) is 0.350. The molecule has 1 amide bonds. The molecule has 1 saturated heterocycles. The maximum atomic E-state index is 14.2. The van der Waals surface area contributed by atoms with Crippen molar-refractivity contribution in [2.45, 2.75) is 18.9 Å². The van der Waals surface area contributed by atoms with Crippen LogP contribution in [0, 0.1) is 5.82 Å². The van der Waals surface area contributed by atoms with E-state index in [1.807, 2.05) is 6.07 Å². The summed E-state index contributed by atoms with van der Waals surface area (Å²) in [6.45, 7) is 1.84. The lowest BCUT2D eigenvalue weighted by molar-refractivity contribution is 0.0473. The third-order valence-electron chi connectivity index (χ3n) is 4.70. The van der Waals surface area contributed by atoms with E-state index in [-0.39, 0.29) is 18.0 Å². The summed E-state index contributed by atoms with van der Waals surface area (Å²) >= 11 is 0. The molecule has 6 heteroatoms. The van der Waals surface area contributed by atoms with Crippen molar-refractivity contribution < 1.29 is 23.8 Å². The summed E-state index contributed by atoms with van der Waals surface area (Å²) in [4.78, 5) is 14.3. The minimum Gasteiger partial charge on any atom is -0.486 e. The van der Waals surface area contributed by atoms with Gasteiger partial charge in [-0.1, -0.05) is 6.07 Å². The number of aliphatic hydroxyl groups is 1. The molecule has 5 nitrogen and oxygen atoms in total. The van der Waals surface area contributed by atoms with Gasteiger partial charge in [0.05, 0.1) is 6.10 Å². The van der Waals surface area contributed by atoms with Crippen LogP contribution in [0.1, 0.15) is 23.2 Å². The van der Waals surface area contributed by atoms with Crippen LogP contribution in [-0.2, 0) is 0 Å². The highest BCUT2D eigenvalue weighted by Crippen LogP contribution is 2.35. The van der Waals surface area contributed by atoms with E-state index in [0.29, 0.717) is 43.2 Å². The van der Waals surface area contributed by atoms with Crippen LogP contribution >= 0.6 is 0 Å². The number of β-amino-alcohol motifs (C(OH)–C–C–N with tert-alkyl or cyclic N) is 1. The standard InChI is InChI=1S/C20H20FNO4/c21-16-9-14(13-3-4-18-19(11-13)26-7-6-25-18)8-15(10-16)20(24)22-5-1-2-17(23)12-22/h3-4,8-11,17,23H,1-2,5-7,12H2. The molecular formula is C20H20FNO4. The average molecular weight is 357 g/mol. The van der Waals surface area contributed by atoms with E-state index in [1.54, 1.807) is 23.1 Å². The first-order valence-electron chi connectivity index (χ1n) is 8.78. The quantitative estimate of drug-likeness (QED) is 0.898. The maximum absolute atomic E-state index is 14.2. The first kappa shape index (κ1) is 16.8. The molecule has 0 aromatic heterocycles. The molecule has 1 unspecified atom stereocenters. The third-order valence-corrected chi connectivity index (χ3v) is 4.70. The van der Waals surface area contributed by atoms with Gasteiger partial charge in [-0.3, -0.25) is 4.79 Å². The highest BCUT2D eigenvalue weighted by Gasteiger charge is 2.24. The number of halogens is 1. The van der Waals surface area contributed by atoms with Crippen molar-refractivity contribution in [2.75, 3.05) is 26.3 Å². The second-order valence-electron chi connectivity index (χ2n) is 6.63. The zero-order valence-corrected chi connectivity index (χ0v) is 14.3. The summed E-state index contributed by atoms with van der Waals surface area (Å²) in [6, 6.07) is 9.72. The molecule has 1 fully saturated rings. The summed E-state index contributed by atoms with van der Waals surface area (Å²) < 4.78 is 25.3. The lowest BCUT2D eigenvalue weighted by atomic mass is 10.0. The van der Waals surface area contributed by atoms with Gasteiger partial charge >= 0.3 is 0 Å². The Labute approximate surface area is 151 Å². The zero-order chi connectivity index (χ0) is 18.1. The molecule has 0 spiro atoms. The van der Waals surface area contributed by atoms with Gasteiger partial charge in [-0.2, -0.15) is 0 Å². The molecule has 2 aromatic carbocycles. The molecule has 0 bridgehead atoms. The average Bonchev–Trinajstić information content (AvgIpc) is 2.66. The van der Waals surface area contributed by atoms with Gasteiger partial charge < -0.3 is 19.5 Å². The number of carbonyl (C=O) groups is 1. The molecule has 0 radical (unpaired) electrons. The number of piperidine rings is 1. The number of rotatable bonds is 2. The van der Waals surface area contributed by atoms with E-state index < -0.39 is 11.9 Å². The predicted molar refractivity (Wildman–Crippen MR) is 94.0 cm³/mol. The van der Waals surface area contributed by atoms with Gasteiger partial charge in [0.1, 0.15) is 19.0 Å². The minimum absolute atomic E-state index is 0.262. The van der Waals surface area contributed by atoms with E-state index >= 15 is 0 Å². The van der Waals surface area contributed by atoms with Gasteiger partial charge in [0.2, 0.25) is 0 Å². The molecule has 26 heavy (non-hydrogen) atoms. The Balaban J connectivity index is 1.65. The van der Waals surface area contributed by atoms with E-state index in [2.05, 4.69) is 0 Å². The number of hydrogen-bond donors (Lipinski definition) is 1. The van der Waals surface area contributed by atoms with Crippen molar-refractivity contribution >= 4 is 5.91 Å². The summed E-state index contributed by atoms with van der Waals surface area (Å²) in [5.41, 5.74) is 1.63. The first-order chi connectivity index (χ1) is 12.6. The van der Waals surface area contributed by atoms with Crippen molar-refractivity contribution in [2.24, 2.45) is 0 Å². The number of hydrogen-bond acceptors (Lipinski definition) is 4. The van der Waals surface area contributed by atoms with Crippen LogP contribution in [0.15, 0.2) is 36.4 Å². The molecular weight excluding hydrogens is 337 g/mol. The van der Waals surface area contributed by atoms with Crippen molar-refractivity contribution in [3.8, 4) is 22.6 Å². The van der Waals surface area contributed by atoms with Gasteiger partial charge in [-0.05, 0) is 54.3 Å². The van der Waals surface area contributed by atoms with Gasteiger partial charge in [-0.25, -0.2) is 4.39 Å². The summed E-state index contributed by atoms with van der Waals surface area (Å²) in [5, 5.41) is 9.78. The highest BCUT2D eigenvalue weighted by molar-refractivity contribution is 5.95. The predicted octanol–water partition coefficient (Wildman–Crippen LogP) is 2.86. The van der Waals surface area contributed by atoms with E-state index in [0.717, 1.165) is 12.0 Å². The Morgan fingerprint density at radius 3 is 2.69 bits per heavy atom. The summed E-state index contributed by atoms with van der Waals surface area (Å²) in [5.74, 6) is 0.542. The molecule has 2 aliphatic rings. The summed E-state index contributed by atoms with van der Waals surface area (Å²) in [6.07, 6.45) is 0.922. The van der Waals surface area contributed by atoms with Crippen LogP contribution in [0.5, 0.6) is 11.5 Å². The molecule has 2 aliphatic heterocycles. The number of benzene rings is 2. The fourth-order valence-electron chi connectivity index (χ4n) is 3.42. The Morgan fingerprint density at radius 1 is 1.08 bits per heavy atom.